The van der Waals surface area contributed by atoms with Crippen LogP contribution in [0.3, 0.4) is 0 Å². The Morgan fingerprint density at radius 1 is 1.35 bits per heavy atom. The maximum absolute atomic E-state index is 11.5. The average molecular weight is 297 g/mol. The fourth-order valence-electron chi connectivity index (χ4n) is 1.48. The van der Waals surface area contributed by atoms with E-state index in [2.05, 4.69) is 5.32 Å². The first-order chi connectivity index (χ1) is 9.49. The van der Waals surface area contributed by atoms with Crippen LogP contribution in [0.15, 0.2) is 18.2 Å². The normalized spacial score (nSPS) is 10.1. The molecular formula is C14H19NO4S. The summed E-state index contributed by atoms with van der Waals surface area (Å²) in [6.07, 6.45) is 0. The van der Waals surface area contributed by atoms with Gasteiger partial charge in [-0.15, -0.1) is 11.8 Å². The number of ether oxygens (including phenoxy) is 1. The second kappa shape index (κ2) is 8.47. The lowest BCUT2D eigenvalue weighted by Gasteiger charge is -2.10. The summed E-state index contributed by atoms with van der Waals surface area (Å²) in [5, 5.41) is 11.1. The van der Waals surface area contributed by atoms with Gasteiger partial charge in [0.25, 0.3) is 5.91 Å². The first-order valence-corrected chi connectivity index (χ1v) is 7.41. The maximum atomic E-state index is 11.5. The average Bonchev–Trinajstić information content (AvgIpc) is 2.39. The highest BCUT2D eigenvalue weighted by atomic mass is 32.2. The molecule has 0 bridgehead atoms. The summed E-state index contributed by atoms with van der Waals surface area (Å²) in [6, 6.07) is 5.83. The van der Waals surface area contributed by atoms with Crippen molar-refractivity contribution < 1.29 is 19.4 Å². The molecule has 1 amide bonds. The summed E-state index contributed by atoms with van der Waals surface area (Å²) < 4.78 is 5.46. The quantitative estimate of drug-likeness (QED) is 0.713. The number of nitrogens with one attached hydrogen (secondary N) is 1. The van der Waals surface area contributed by atoms with Crippen LogP contribution in [-0.2, 0) is 9.59 Å². The molecule has 20 heavy (non-hydrogen) atoms. The number of hydrogen-bond acceptors (Lipinski definition) is 4. The number of benzene rings is 1. The molecule has 1 aromatic rings. The topological polar surface area (TPSA) is 75.6 Å². The summed E-state index contributed by atoms with van der Waals surface area (Å²) in [7, 11) is 0. The predicted molar refractivity (Wildman–Crippen MR) is 79.4 cm³/mol. The number of aliphatic carboxylic acids is 1. The van der Waals surface area contributed by atoms with E-state index in [1.165, 1.54) is 11.8 Å². The molecule has 0 radical (unpaired) electrons. The van der Waals surface area contributed by atoms with Crippen LogP contribution >= 0.6 is 11.8 Å². The smallest absolute Gasteiger partial charge is 0.313 e. The molecular weight excluding hydrogens is 278 g/mol. The molecule has 5 nitrogen and oxygen atoms in total. The van der Waals surface area contributed by atoms with Crippen LogP contribution in [0.5, 0.6) is 5.75 Å². The van der Waals surface area contributed by atoms with Gasteiger partial charge in [-0.05, 0) is 31.0 Å². The van der Waals surface area contributed by atoms with Crippen LogP contribution in [-0.4, -0.2) is 41.6 Å². The number of hydrogen-bond donors (Lipinski definition) is 2. The number of carboxylic acids is 1. The molecule has 1 rings (SSSR count). The lowest BCUT2D eigenvalue weighted by atomic mass is 10.1. The van der Waals surface area contributed by atoms with E-state index < -0.39 is 5.97 Å². The van der Waals surface area contributed by atoms with Crippen LogP contribution in [0.25, 0.3) is 0 Å². The van der Waals surface area contributed by atoms with Crippen LogP contribution < -0.4 is 10.1 Å². The molecule has 0 saturated heterocycles. The van der Waals surface area contributed by atoms with E-state index in [1.54, 1.807) is 0 Å². The highest BCUT2D eigenvalue weighted by molar-refractivity contribution is 7.99. The zero-order chi connectivity index (χ0) is 15.0. The van der Waals surface area contributed by atoms with Crippen molar-refractivity contribution in [3.8, 4) is 5.75 Å². The monoisotopic (exact) mass is 297 g/mol. The Labute approximate surface area is 122 Å². The number of carboxylic acid groups (broad SMARTS) is 1. The molecule has 0 spiro atoms. The molecule has 0 saturated carbocycles. The van der Waals surface area contributed by atoms with Crippen LogP contribution in [0.4, 0.5) is 0 Å². The Morgan fingerprint density at radius 3 is 2.80 bits per heavy atom. The predicted octanol–water partition coefficient (Wildman–Crippen LogP) is 1.62. The molecule has 0 aliphatic rings. The standard InChI is InChI=1S/C14H19NO4S/c1-10-3-4-11(2)12(7-10)19-8-13(16)15-5-6-20-9-14(17)18/h3-4,7H,5-6,8-9H2,1-2H3,(H,15,16)(H,17,18). The summed E-state index contributed by atoms with van der Waals surface area (Å²) in [4.78, 5) is 21.8. The highest BCUT2D eigenvalue weighted by Gasteiger charge is 2.05. The Bertz CT molecular complexity index is 476. The zero-order valence-electron chi connectivity index (χ0n) is 11.6. The van der Waals surface area contributed by atoms with E-state index in [0.717, 1.165) is 11.1 Å². The zero-order valence-corrected chi connectivity index (χ0v) is 12.5. The van der Waals surface area contributed by atoms with Crippen molar-refractivity contribution in [3.05, 3.63) is 29.3 Å². The number of amides is 1. The van der Waals surface area contributed by atoms with E-state index in [0.29, 0.717) is 18.0 Å². The number of rotatable bonds is 8. The number of aryl methyl sites for hydroxylation is 2. The third-order valence-corrected chi connectivity index (χ3v) is 3.44. The Kier molecular flexibility index (Phi) is 6.93. The van der Waals surface area contributed by atoms with Gasteiger partial charge in [-0.3, -0.25) is 9.59 Å². The minimum atomic E-state index is -0.848. The van der Waals surface area contributed by atoms with Gasteiger partial charge in [0.15, 0.2) is 6.61 Å². The molecule has 0 aliphatic carbocycles. The minimum Gasteiger partial charge on any atom is -0.483 e. The number of thioether (sulfide) groups is 1. The Morgan fingerprint density at radius 2 is 2.10 bits per heavy atom. The van der Waals surface area contributed by atoms with Crippen molar-refractivity contribution in [2.75, 3.05) is 24.7 Å². The van der Waals surface area contributed by atoms with Gasteiger partial charge >= 0.3 is 5.97 Å². The molecule has 2 N–H and O–H groups in total. The first-order valence-electron chi connectivity index (χ1n) is 6.25. The van der Waals surface area contributed by atoms with Gasteiger partial charge in [0, 0.05) is 12.3 Å². The van der Waals surface area contributed by atoms with Crippen LogP contribution in [0.2, 0.25) is 0 Å². The third-order valence-electron chi connectivity index (χ3n) is 2.50. The Hall–Kier alpha value is -1.69. The van der Waals surface area contributed by atoms with Gasteiger partial charge in [0.1, 0.15) is 5.75 Å². The van der Waals surface area contributed by atoms with E-state index in [4.69, 9.17) is 9.84 Å². The molecule has 0 fully saturated rings. The lowest BCUT2D eigenvalue weighted by Crippen LogP contribution is -2.30. The third kappa shape index (κ3) is 6.47. The summed E-state index contributed by atoms with van der Waals surface area (Å²) in [6.45, 7) is 4.29. The van der Waals surface area contributed by atoms with Crippen molar-refractivity contribution in [1.29, 1.82) is 0 Å². The molecule has 110 valence electrons. The molecule has 0 heterocycles. The van der Waals surface area contributed by atoms with Crippen LogP contribution in [0.1, 0.15) is 11.1 Å². The molecule has 0 aliphatic heterocycles. The molecule has 1 aromatic carbocycles. The second-order valence-electron chi connectivity index (χ2n) is 4.35. The summed E-state index contributed by atoms with van der Waals surface area (Å²) in [5.41, 5.74) is 2.07. The highest BCUT2D eigenvalue weighted by Crippen LogP contribution is 2.18. The van der Waals surface area contributed by atoms with E-state index in [-0.39, 0.29) is 18.3 Å². The lowest BCUT2D eigenvalue weighted by molar-refractivity contribution is -0.133. The molecule has 0 unspecified atom stereocenters. The van der Waals surface area contributed by atoms with Gasteiger partial charge in [0.2, 0.25) is 0 Å². The molecule has 6 heteroatoms. The van der Waals surface area contributed by atoms with E-state index >= 15 is 0 Å². The number of carbonyl (C=O) groups is 2. The fraction of sp³-hybridized carbons (Fsp3) is 0.429. The summed E-state index contributed by atoms with van der Waals surface area (Å²) >= 11 is 1.27. The Balaban J connectivity index is 2.23. The molecule has 0 aromatic heterocycles. The van der Waals surface area contributed by atoms with Crippen molar-refractivity contribution in [3.63, 3.8) is 0 Å². The maximum Gasteiger partial charge on any atom is 0.313 e. The van der Waals surface area contributed by atoms with Crippen molar-refractivity contribution in [1.82, 2.24) is 5.32 Å². The van der Waals surface area contributed by atoms with Gasteiger partial charge in [0.05, 0.1) is 5.75 Å². The minimum absolute atomic E-state index is 0.0338. The van der Waals surface area contributed by atoms with Crippen molar-refractivity contribution in [2.24, 2.45) is 0 Å². The van der Waals surface area contributed by atoms with Gasteiger partial charge in [-0.25, -0.2) is 0 Å². The fourth-order valence-corrected chi connectivity index (χ4v) is 2.04. The first kappa shape index (κ1) is 16.4. The van der Waals surface area contributed by atoms with Gasteiger partial charge in [-0.1, -0.05) is 12.1 Å². The van der Waals surface area contributed by atoms with Crippen molar-refractivity contribution >= 4 is 23.6 Å². The van der Waals surface area contributed by atoms with Crippen LogP contribution in [0, 0.1) is 13.8 Å². The SMILES string of the molecule is Cc1ccc(C)c(OCC(=O)NCCSCC(=O)O)c1. The van der Waals surface area contributed by atoms with E-state index in [1.807, 2.05) is 32.0 Å². The second-order valence-corrected chi connectivity index (χ2v) is 5.46. The van der Waals surface area contributed by atoms with Gasteiger partial charge < -0.3 is 15.2 Å². The largest absolute Gasteiger partial charge is 0.483 e. The number of carbonyl (C=O) groups excluding carboxylic acids is 1. The van der Waals surface area contributed by atoms with Crippen molar-refractivity contribution in [2.45, 2.75) is 13.8 Å². The van der Waals surface area contributed by atoms with Gasteiger partial charge in [-0.2, -0.15) is 0 Å². The molecule has 0 atom stereocenters. The summed E-state index contributed by atoms with van der Waals surface area (Å²) in [5.74, 6) is 0.276. The van der Waals surface area contributed by atoms with E-state index in [9.17, 15) is 9.59 Å².